The van der Waals surface area contributed by atoms with Gasteiger partial charge in [-0.05, 0) is 35.6 Å². The number of halogens is 1. The van der Waals surface area contributed by atoms with E-state index in [9.17, 15) is 18.5 Å². The molecule has 1 heterocycles. The minimum absolute atomic E-state index is 0.119. The number of nitrogens with zero attached hydrogens (tertiary/aromatic N) is 1. The van der Waals surface area contributed by atoms with E-state index in [2.05, 4.69) is 4.72 Å². The summed E-state index contributed by atoms with van der Waals surface area (Å²) in [6.45, 7) is 0. The molecule has 1 aromatic heterocycles. The van der Waals surface area contributed by atoms with E-state index in [1.165, 1.54) is 29.5 Å². The van der Waals surface area contributed by atoms with Gasteiger partial charge in [0.25, 0.3) is 15.7 Å². The summed E-state index contributed by atoms with van der Waals surface area (Å²) in [5.74, 6) is 0.125. The van der Waals surface area contributed by atoms with E-state index in [1.807, 2.05) is 36.4 Å². The van der Waals surface area contributed by atoms with Crippen LogP contribution in [0.25, 0.3) is 10.4 Å². The Hall–Kier alpha value is -2.94. The number of allylic oxidation sites excluding steroid dienone is 3. The van der Waals surface area contributed by atoms with Crippen molar-refractivity contribution in [1.82, 2.24) is 0 Å². The van der Waals surface area contributed by atoms with Crippen LogP contribution in [0.4, 0.5) is 11.4 Å². The Morgan fingerprint density at radius 3 is 2.58 bits per heavy atom. The fraction of sp³-hybridized carbons (Fsp3) is 0.0909. The predicted octanol–water partition coefficient (Wildman–Crippen LogP) is 6.35. The molecule has 6 nitrogen and oxygen atoms in total. The standard InChI is InChI=1S/C22H17ClN2O4S2/c23-20-11-8-17(25(26)27)14-19(20)22-21(12-13-30-22)24-31(28,29)18-9-6-16(7-10-18)15-4-2-1-3-5-15/h1-6,8-14,16,24H,7H2. The van der Waals surface area contributed by atoms with Gasteiger partial charge in [-0.25, -0.2) is 8.42 Å². The maximum atomic E-state index is 13.0. The summed E-state index contributed by atoms with van der Waals surface area (Å²) in [5, 5.41) is 13.1. The number of nitrogens with one attached hydrogen (secondary N) is 1. The molecule has 0 amide bonds. The Morgan fingerprint density at radius 2 is 1.90 bits per heavy atom. The van der Waals surface area contributed by atoms with Crippen LogP contribution in [0.2, 0.25) is 5.02 Å². The van der Waals surface area contributed by atoms with Crippen LogP contribution in [0.1, 0.15) is 17.9 Å². The molecule has 1 N–H and O–H groups in total. The molecule has 2 aromatic carbocycles. The second-order valence-electron chi connectivity index (χ2n) is 6.91. The third kappa shape index (κ3) is 4.56. The van der Waals surface area contributed by atoms with Gasteiger partial charge in [0, 0.05) is 28.6 Å². The summed E-state index contributed by atoms with van der Waals surface area (Å²) in [5.41, 5.74) is 1.74. The number of rotatable bonds is 6. The lowest BCUT2D eigenvalue weighted by Crippen LogP contribution is -2.16. The van der Waals surface area contributed by atoms with Gasteiger partial charge in [0.1, 0.15) is 0 Å². The van der Waals surface area contributed by atoms with Gasteiger partial charge in [-0.1, -0.05) is 54.1 Å². The molecular weight excluding hydrogens is 456 g/mol. The summed E-state index contributed by atoms with van der Waals surface area (Å²) in [6.07, 6.45) is 5.77. The maximum absolute atomic E-state index is 13.0. The third-order valence-corrected chi connectivity index (χ3v) is 7.61. The molecule has 0 saturated carbocycles. The van der Waals surface area contributed by atoms with Gasteiger partial charge < -0.3 is 0 Å². The van der Waals surface area contributed by atoms with Crippen LogP contribution >= 0.6 is 22.9 Å². The molecule has 1 aliphatic rings. The zero-order valence-corrected chi connectivity index (χ0v) is 18.5. The molecule has 1 unspecified atom stereocenters. The van der Waals surface area contributed by atoms with Crippen LogP contribution in [0.15, 0.2) is 83.1 Å². The number of thiophene rings is 1. The number of anilines is 1. The first-order chi connectivity index (χ1) is 14.8. The fourth-order valence-corrected chi connectivity index (χ4v) is 5.72. The third-order valence-electron chi connectivity index (χ3n) is 4.92. The van der Waals surface area contributed by atoms with Crippen molar-refractivity contribution in [2.45, 2.75) is 12.3 Å². The highest BCUT2D eigenvalue weighted by Gasteiger charge is 2.23. The van der Waals surface area contributed by atoms with Crippen molar-refractivity contribution in [1.29, 1.82) is 0 Å². The molecule has 3 aromatic rings. The molecule has 0 spiro atoms. The van der Waals surface area contributed by atoms with Crippen LogP contribution in [0.3, 0.4) is 0 Å². The Balaban J connectivity index is 1.58. The van der Waals surface area contributed by atoms with Crippen LogP contribution in [-0.4, -0.2) is 13.3 Å². The quantitative estimate of drug-likeness (QED) is 0.334. The second-order valence-corrected chi connectivity index (χ2v) is 9.91. The van der Waals surface area contributed by atoms with Crippen molar-refractivity contribution in [2.75, 3.05) is 4.72 Å². The van der Waals surface area contributed by atoms with E-state index in [0.29, 0.717) is 27.6 Å². The molecule has 0 aliphatic heterocycles. The van der Waals surface area contributed by atoms with E-state index in [0.717, 1.165) is 5.56 Å². The molecule has 0 saturated heterocycles. The molecule has 9 heteroatoms. The van der Waals surface area contributed by atoms with E-state index >= 15 is 0 Å². The zero-order chi connectivity index (χ0) is 22.0. The van der Waals surface area contributed by atoms with Crippen molar-refractivity contribution >= 4 is 44.3 Å². The summed E-state index contributed by atoms with van der Waals surface area (Å²) in [4.78, 5) is 11.3. The monoisotopic (exact) mass is 472 g/mol. The van der Waals surface area contributed by atoms with E-state index in [4.69, 9.17) is 11.6 Å². The number of hydrogen-bond acceptors (Lipinski definition) is 5. The molecule has 0 bridgehead atoms. The normalized spacial score (nSPS) is 16.0. The molecule has 0 radical (unpaired) electrons. The SMILES string of the molecule is O=[N+]([O-])c1ccc(Cl)c(-c2sccc2NS(=O)(=O)C2=CCC(c3ccccc3)C=C2)c1. The summed E-state index contributed by atoms with van der Waals surface area (Å²) >= 11 is 7.49. The van der Waals surface area contributed by atoms with E-state index in [-0.39, 0.29) is 16.5 Å². The highest BCUT2D eigenvalue weighted by atomic mass is 35.5. The summed E-state index contributed by atoms with van der Waals surface area (Å²) in [7, 11) is -3.83. The smallest absolute Gasteiger partial charge is 0.270 e. The molecule has 158 valence electrons. The van der Waals surface area contributed by atoms with E-state index < -0.39 is 14.9 Å². The number of non-ortho nitro benzene ring substituents is 1. The Bertz CT molecular complexity index is 1300. The number of nitro groups is 1. The first-order valence-electron chi connectivity index (χ1n) is 9.33. The molecule has 1 aliphatic carbocycles. The van der Waals surface area contributed by atoms with Crippen LogP contribution in [-0.2, 0) is 10.0 Å². The molecular formula is C22H17ClN2O4S2. The van der Waals surface area contributed by atoms with Crippen LogP contribution < -0.4 is 4.72 Å². The first kappa shape index (κ1) is 21.3. The number of hydrogen-bond donors (Lipinski definition) is 1. The molecule has 0 fully saturated rings. The zero-order valence-electron chi connectivity index (χ0n) is 16.1. The van der Waals surface area contributed by atoms with Gasteiger partial charge in [0.05, 0.1) is 20.4 Å². The van der Waals surface area contributed by atoms with Gasteiger partial charge >= 0.3 is 0 Å². The number of sulfonamides is 1. The van der Waals surface area contributed by atoms with Crippen molar-refractivity contribution in [3.05, 3.63) is 104 Å². The number of nitro benzene ring substituents is 1. The van der Waals surface area contributed by atoms with Gasteiger partial charge in [-0.2, -0.15) is 0 Å². The van der Waals surface area contributed by atoms with Crippen molar-refractivity contribution < 1.29 is 13.3 Å². The molecule has 1 atom stereocenters. The van der Waals surface area contributed by atoms with Gasteiger partial charge in [0.2, 0.25) is 0 Å². The Labute approximate surface area is 188 Å². The lowest BCUT2D eigenvalue weighted by Gasteiger charge is -2.17. The summed E-state index contributed by atoms with van der Waals surface area (Å²) < 4.78 is 28.5. The van der Waals surface area contributed by atoms with Crippen LogP contribution in [0, 0.1) is 10.1 Å². The second kappa shape index (κ2) is 8.66. The predicted molar refractivity (Wildman–Crippen MR) is 125 cm³/mol. The summed E-state index contributed by atoms with van der Waals surface area (Å²) in [6, 6.07) is 15.6. The van der Waals surface area contributed by atoms with Gasteiger partial charge in [-0.3, -0.25) is 14.8 Å². The number of benzene rings is 2. The largest absolute Gasteiger partial charge is 0.278 e. The molecule has 31 heavy (non-hydrogen) atoms. The average molecular weight is 473 g/mol. The van der Waals surface area contributed by atoms with Gasteiger partial charge in [-0.15, -0.1) is 11.3 Å². The Kier molecular flexibility index (Phi) is 5.95. The highest BCUT2D eigenvalue weighted by molar-refractivity contribution is 7.96. The molecule has 4 rings (SSSR count). The van der Waals surface area contributed by atoms with Crippen LogP contribution in [0.5, 0.6) is 0 Å². The minimum atomic E-state index is -3.83. The minimum Gasteiger partial charge on any atom is -0.278 e. The highest BCUT2D eigenvalue weighted by Crippen LogP contribution is 2.40. The van der Waals surface area contributed by atoms with E-state index in [1.54, 1.807) is 23.6 Å². The fourth-order valence-electron chi connectivity index (χ4n) is 3.35. The lowest BCUT2D eigenvalue weighted by molar-refractivity contribution is -0.384. The average Bonchev–Trinajstić information content (AvgIpc) is 3.21. The first-order valence-corrected chi connectivity index (χ1v) is 12.1. The van der Waals surface area contributed by atoms with Crippen molar-refractivity contribution in [3.63, 3.8) is 0 Å². The lowest BCUT2D eigenvalue weighted by atomic mass is 9.93. The Morgan fingerprint density at radius 1 is 1.13 bits per heavy atom. The topological polar surface area (TPSA) is 89.3 Å². The van der Waals surface area contributed by atoms with Crippen molar-refractivity contribution in [2.24, 2.45) is 0 Å². The van der Waals surface area contributed by atoms with Crippen molar-refractivity contribution in [3.8, 4) is 10.4 Å². The maximum Gasteiger partial charge on any atom is 0.270 e. The van der Waals surface area contributed by atoms with Gasteiger partial charge in [0.15, 0.2) is 0 Å².